The van der Waals surface area contributed by atoms with Gasteiger partial charge in [-0.05, 0) is 12.3 Å². The molecule has 0 spiro atoms. The van der Waals surface area contributed by atoms with E-state index in [9.17, 15) is 13.2 Å². The number of hydrogen-bond donors (Lipinski definition) is 0. The highest BCUT2D eigenvalue weighted by atomic mass is 32.2. The van der Waals surface area contributed by atoms with E-state index in [1.165, 1.54) is 6.26 Å². The average molecular weight is 331 g/mol. The van der Waals surface area contributed by atoms with Crippen molar-refractivity contribution in [3.05, 3.63) is 0 Å². The van der Waals surface area contributed by atoms with Crippen molar-refractivity contribution in [1.29, 1.82) is 0 Å². The average Bonchev–Trinajstić information content (AvgIpc) is 2.63. The lowest BCUT2D eigenvalue weighted by molar-refractivity contribution is -0.128. The van der Waals surface area contributed by atoms with Crippen LogP contribution in [0.3, 0.4) is 0 Å². The smallest absolute Gasteiger partial charge is 0.219 e. The van der Waals surface area contributed by atoms with Crippen molar-refractivity contribution in [2.45, 2.75) is 26.3 Å². The van der Waals surface area contributed by atoms with Crippen LogP contribution in [-0.4, -0.2) is 92.9 Å². The summed E-state index contributed by atoms with van der Waals surface area (Å²) in [5, 5.41) is 0. The third kappa shape index (κ3) is 4.93. The van der Waals surface area contributed by atoms with Crippen LogP contribution in [0.1, 0.15) is 20.3 Å². The zero-order chi connectivity index (χ0) is 16.3. The maximum absolute atomic E-state index is 11.5. The first-order valence-corrected chi connectivity index (χ1v) is 10.2. The summed E-state index contributed by atoms with van der Waals surface area (Å²) in [7, 11) is -2.89. The van der Waals surface area contributed by atoms with Crippen molar-refractivity contribution in [3.8, 4) is 0 Å². The molecule has 2 aliphatic heterocycles. The lowest BCUT2D eigenvalue weighted by atomic mass is 10.0. The van der Waals surface area contributed by atoms with E-state index in [4.69, 9.17) is 0 Å². The van der Waals surface area contributed by atoms with Crippen molar-refractivity contribution in [2.24, 2.45) is 5.92 Å². The normalized spacial score (nSPS) is 28.8. The van der Waals surface area contributed by atoms with Crippen molar-refractivity contribution in [2.75, 3.05) is 57.8 Å². The molecule has 7 heteroatoms. The van der Waals surface area contributed by atoms with Gasteiger partial charge in [0, 0.05) is 65.0 Å². The Labute approximate surface area is 134 Å². The minimum absolute atomic E-state index is 0.163. The monoisotopic (exact) mass is 331 g/mol. The van der Waals surface area contributed by atoms with Gasteiger partial charge in [0.05, 0.1) is 5.75 Å². The van der Waals surface area contributed by atoms with Crippen LogP contribution in [0.5, 0.6) is 0 Å². The minimum Gasteiger partial charge on any atom is -0.342 e. The van der Waals surface area contributed by atoms with E-state index >= 15 is 0 Å². The lowest BCUT2D eigenvalue weighted by Gasteiger charge is -2.30. The van der Waals surface area contributed by atoms with Crippen LogP contribution in [-0.2, 0) is 14.6 Å². The molecule has 0 unspecified atom stereocenters. The summed E-state index contributed by atoms with van der Waals surface area (Å²) >= 11 is 0. The van der Waals surface area contributed by atoms with Crippen molar-refractivity contribution < 1.29 is 13.2 Å². The molecule has 2 atom stereocenters. The molecule has 22 heavy (non-hydrogen) atoms. The summed E-state index contributed by atoms with van der Waals surface area (Å²) in [6, 6.07) is 0.478. The van der Waals surface area contributed by atoms with Gasteiger partial charge in [-0.3, -0.25) is 9.69 Å². The third-order valence-corrected chi connectivity index (χ3v) is 5.80. The predicted molar refractivity (Wildman–Crippen MR) is 87.5 cm³/mol. The molecule has 2 saturated heterocycles. The molecule has 0 aliphatic carbocycles. The molecule has 0 N–H and O–H groups in total. The highest BCUT2D eigenvalue weighted by molar-refractivity contribution is 7.90. The van der Waals surface area contributed by atoms with Gasteiger partial charge in [-0.15, -0.1) is 0 Å². The molecule has 0 aromatic heterocycles. The largest absolute Gasteiger partial charge is 0.342 e. The molecular formula is C15H29N3O3S. The van der Waals surface area contributed by atoms with Gasteiger partial charge in [-0.25, -0.2) is 8.42 Å². The number of rotatable bonds is 4. The van der Waals surface area contributed by atoms with Crippen molar-refractivity contribution in [1.82, 2.24) is 14.7 Å². The van der Waals surface area contributed by atoms with E-state index in [0.717, 1.165) is 45.7 Å². The fraction of sp³-hybridized carbons (Fsp3) is 0.933. The molecule has 128 valence electrons. The van der Waals surface area contributed by atoms with Crippen LogP contribution >= 0.6 is 0 Å². The molecule has 0 bridgehead atoms. The highest BCUT2D eigenvalue weighted by Gasteiger charge is 2.34. The minimum atomic E-state index is -2.89. The molecule has 2 rings (SSSR count). The fourth-order valence-electron chi connectivity index (χ4n) is 3.58. The molecule has 0 radical (unpaired) electrons. The van der Waals surface area contributed by atoms with Gasteiger partial charge in [-0.1, -0.05) is 6.92 Å². The first-order valence-electron chi connectivity index (χ1n) is 8.16. The molecule has 0 saturated carbocycles. The first-order chi connectivity index (χ1) is 10.3. The molecular weight excluding hydrogens is 302 g/mol. The maximum Gasteiger partial charge on any atom is 0.219 e. The Kier molecular flexibility index (Phi) is 5.85. The van der Waals surface area contributed by atoms with Crippen LogP contribution < -0.4 is 0 Å². The molecule has 0 aromatic carbocycles. The predicted octanol–water partition coefficient (Wildman–Crippen LogP) is -0.0945. The SMILES string of the molecule is CC(=O)N1CCCN([C@@H]2CN(CCS(C)(=O)=O)C[C@@H]2C)CC1. The first kappa shape index (κ1) is 17.7. The number of hydrogen-bond acceptors (Lipinski definition) is 5. The number of sulfone groups is 1. The second kappa shape index (κ2) is 7.27. The van der Waals surface area contributed by atoms with Crippen LogP contribution in [0.15, 0.2) is 0 Å². The number of nitrogens with zero attached hydrogens (tertiary/aromatic N) is 3. The Morgan fingerprint density at radius 1 is 1.14 bits per heavy atom. The van der Waals surface area contributed by atoms with Crippen molar-refractivity contribution in [3.63, 3.8) is 0 Å². The fourth-order valence-corrected chi connectivity index (χ4v) is 4.17. The van der Waals surface area contributed by atoms with Gasteiger partial charge in [0.1, 0.15) is 9.84 Å². The Morgan fingerprint density at radius 3 is 2.50 bits per heavy atom. The van der Waals surface area contributed by atoms with Gasteiger partial charge in [0.2, 0.25) is 5.91 Å². The Morgan fingerprint density at radius 2 is 1.86 bits per heavy atom. The van der Waals surface area contributed by atoms with Crippen LogP contribution in [0, 0.1) is 5.92 Å². The van der Waals surface area contributed by atoms with Gasteiger partial charge in [-0.2, -0.15) is 0 Å². The van der Waals surface area contributed by atoms with Gasteiger partial charge in [0.15, 0.2) is 0 Å². The van der Waals surface area contributed by atoms with Gasteiger partial charge in [0.25, 0.3) is 0 Å². The topological polar surface area (TPSA) is 60.9 Å². The Hall–Kier alpha value is -0.660. The maximum atomic E-state index is 11.5. The van der Waals surface area contributed by atoms with E-state index < -0.39 is 9.84 Å². The number of carbonyl (C=O) groups excluding carboxylic acids is 1. The van der Waals surface area contributed by atoms with Crippen LogP contribution in [0.2, 0.25) is 0 Å². The Bertz CT molecular complexity index is 494. The number of amides is 1. The second-order valence-corrected chi connectivity index (χ2v) is 9.09. The van der Waals surface area contributed by atoms with Crippen LogP contribution in [0.4, 0.5) is 0 Å². The number of carbonyl (C=O) groups is 1. The van der Waals surface area contributed by atoms with E-state index in [1.54, 1.807) is 6.92 Å². The summed E-state index contributed by atoms with van der Waals surface area (Å²) in [6.07, 6.45) is 2.32. The summed E-state index contributed by atoms with van der Waals surface area (Å²) in [4.78, 5) is 18.2. The molecule has 1 amide bonds. The Balaban J connectivity index is 1.88. The van der Waals surface area contributed by atoms with E-state index in [-0.39, 0.29) is 11.7 Å². The van der Waals surface area contributed by atoms with Gasteiger partial charge < -0.3 is 9.80 Å². The standard InChI is InChI=1S/C15H29N3O3S/c1-13-11-16(9-10-22(3,20)21)12-15(13)18-6-4-5-17(7-8-18)14(2)19/h13,15H,4-12H2,1-3H3/t13-,15+/m0/s1. The highest BCUT2D eigenvalue weighted by Crippen LogP contribution is 2.23. The molecule has 2 aliphatic rings. The summed E-state index contributed by atoms with van der Waals surface area (Å²) in [5.41, 5.74) is 0. The third-order valence-electron chi connectivity index (χ3n) is 4.87. The molecule has 6 nitrogen and oxygen atoms in total. The quantitative estimate of drug-likeness (QED) is 0.720. The summed E-state index contributed by atoms with van der Waals surface area (Å²) < 4.78 is 22.6. The molecule has 0 aromatic rings. The zero-order valence-corrected chi connectivity index (χ0v) is 14.8. The van der Waals surface area contributed by atoms with Gasteiger partial charge >= 0.3 is 0 Å². The molecule has 2 fully saturated rings. The zero-order valence-electron chi connectivity index (χ0n) is 14.0. The van der Waals surface area contributed by atoms with E-state index in [1.807, 2.05) is 4.90 Å². The van der Waals surface area contributed by atoms with E-state index in [0.29, 0.717) is 18.5 Å². The summed E-state index contributed by atoms with van der Waals surface area (Å²) in [5.74, 6) is 0.949. The summed E-state index contributed by atoms with van der Waals surface area (Å²) in [6.45, 7) is 10.0. The molecule has 2 heterocycles. The number of likely N-dealkylation sites (tertiary alicyclic amines) is 1. The lowest BCUT2D eigenvalue weighted by Crippen LogP contribution is -2.43. The van der Waals surface area contributed by atoms with E-state index in [2.05, 4.69) is 16.7 Å². The van der Waals surface area contributed by atoms with Crippen molar-refractivity contribution >= 4 is 15.7 Å². The second-order valence-electron chi connectivity index (χ2n) is 6.83. The van der Waals surface area contributed by atoms with Crippen LogP contribution in [0.25, 0.3) is 0 Å².